The molecule has 2 aromatic rings. The molecule has 0 atom stereocenters. The van der Waals surface area contributed by atoms with E-state index in [4.69, 9.17) is 0 Å². The molecule has 1 aromatic heterocycles. The standard InChI is InChI=1S/C12H14N.BrH/c1-2-8-13-9-7-11-5-3-4-6-12(11)10-13;/h3-7,9-10H,2,8H2,1H3;1H/q+1;/p-1. The van der Waals surface area contributed by atoms with Crippen LogP contribution in [-0.4, -0.2) is 0 Å². The first-order valence-corrected chi connectivity index (χ1v) is 4.78. The zero-order chi connectivity index (χ0) is 9.10. The lowest BCUT2D eigenvalue weighted by atomic mass is 10.2. The van der Waals surface area contributed by atoms with E-state index in [1.165, 1.54) is 17.2 Å². The van der Waals surface area contributed by atoms with Gasteiger partial charge < -0.3 is 17.0 Å². The van der Waals surface area contributed by atoms with E-state index in [1.807, 2.05) is 0 Å². The van der Waals surface area contributed by atoms with E-state index in [-0.39, 0.29) is 17.0 Å². The molecule has 0 unspecified atom stereocenters. The number of fused-ring (bicyclic) bond motifs is 1. The first kappa shape index (κ1) is 11.2. The van der Waals surface area contributed by atoms with Gasteiger partial charge in [-0.05, 0) is 11.5 Å². The molecule has 0 saturated carbocycles. The van der Waals surface area contributed by atoms with Gasteiger partial charge in [-0.1, -0.05) is 25.1 Å². The summed E-state index contributed by atoms with van der Waals surface area (Å²) >= 11 is 0. The number of hydrogen-bond donors (Lipinski definition) is 0. The molecule has 0 N–H and O–H groups in total. The first-order chi connectivity index (χ1) is 6.40. The van der Waals surface area contributed by atoms with Crippen LogP contribution in [0.5, 0.6) is 0 Å². The maximum Gasteiger partial charge on any atom is 0.176 e. The van der Waals surface area contributed by atoms with Gasteiger partial charge in [-0.3, -0.25) is 0 Å². The van der Waals surface area contributed by atoms with Gasteiger partial charge in [0.25, 0.3) is 0 Å². The maximum atomic E-state index is 2.24. The van der Waals surface area contributed by atoms with E-state index in [2.05, 4.69) is 54.2 Å². The summed E-state index contributed by atoms with van der Waals surface area (Å²) in [6.45, 7) is 3.30. The van der Waals surface area contributed by atoms with Gasteiger partial charge in [0.1, 0.15) is 6.54 Å². The Morgan fingerprint density at radius 3 is 2.50 bits per heavy atom. The summed E-state index contributed by atoms with van der Waals surface area (Å²) in [7, 11) is 0. The van der Waals surface area contributed by atoms with Crippen LogP contribution < -0.4 is 21.5 Å². The molecule has 74 valence electrons. The second kappa shape index (κ2) is 5.11. The minimum Gasteiger partial charge on any atom is -1.00 e. The number of hydrogen-bond acceptors (Lipinski definition) is 0. The Morgan fingerprint density at radius 1 is 1.07 bits per heavy atom. The lowest BCUT2D eigenvalue weighted by molar-refractivity contribution is -0.695. The summed E-state index contributed by atoms with van der Waals surface area (Å²) in [6, 6.07) is 10.6. The zero-order valence-corrected chi connectivity index (χ0v) is 9.87. The predicted molar refractivity (Wildman–Crippen MR) is 54.4 cm³/mol. The van der Waals surface area contributed by atoms with Gasteiger partial charge in [-0.2, -0.15) is 0 Å². The molecule has 14 heavy (non-hydrogen) atoms. The smallest absolute Gasteiger partial charge is 0.176 e. The van der Waals surface area contributed by atoms with Crippen molar-refractivity contribution in [2.45, 2.75) is 19.9 Å². The highest BCUT2D eigenvalue weighted by atomic mass is 79.9. The van der Waals surface area contributed by atoms with Crippen LogP contribution in [0.4, 0.5) is 0 Å². The summed E-state index contributed by atoms with van der Waals surface area (Å²) in [6.07, 6.45) is 5.54. The van der Waals surface area contributed by atoms with Crippen molar-refractivity contribution < 1.29 is 21.5 Å². The number of rotatable bonds is 2. The molecule has 1 nitrogen and oxygen atoms in total. The minimum atomic E-state index is 0. The summed E-state index contributed by atoms with van der Waals surface area (Å²) < 4.78 is 2.24. The number of halogens is 1. The Labute approximate surface area is 95.2 Å². The fourth-order valence-electron chi connectivity index (χ4n) is 1.58. The van der Waals surface area contributed by atoms with E-state index in [0.29, 0.717) is 0 Å². The highest BCUT2D eigenvalue weighted by Gasteiger charge is 1.99. The molecule has 0 bridgehead atoms. The third-order valence-electron chi connectivity index (χ3n) is 2.23. The quantitative estimate of drug-likeness (QED) is 0.637. The van der Waals surface area contributed by atoms with Gasteiger partial charge in [-0.25, -0.2) is 4.57 Å². The van der Waals surface area contributed by atoms with Crippen LogP contribution >= 0.6 is 0 Å². The minimum absolute atomic E-state index is 0. The van der Waals surface area contributed by atoms with Crippen LogP contribution in [0.1, 0.15) is 13.3 Å². The van der Waals surface area contributed by atoms with Gasteiger partial charge in [0.05, 0.1) is 0 Å². The Morgan fingerprint density at radius 2 is 1.79 bits per heavy atom. The van der Waals surface area contributed by atoms with Gasteiger partial charge in [0, 0.05) is 17.9 Å². The summed E-state index contributed by atoms with van der Waals surface area (Å²) in [5.74, 6) is 0. The van der Waals surface area contributed by atoms with Crippen LogP contribution in [0.15, 0.2) is 42.7 Å². The molecular weight excluding hydrogens is 238 g/mol. The summed E-state index contributed by atoms with van der Waals surface area (Å²) in [5.41, 5.74) is 0. The third-order valence-corrected chi connectivity index (χ3v) is 2.23. The molecule has 2 heteroatoms. The van der Waals surface area contributed by atoms with Crippen molar-refractivity contribution in [3.05, 3.63) is 42.7 Å². The molecule has 2 rings (SSSR count). The molecule has 1 aromatic carbocycles. The highest BCUT2D eigenvalue weighted by molar-refractivity contribution is 5.80. The average Bonchev–Trinajstić information content (AvgIpc) is 2.18. The van der Waals surface area contributed by atoms with Gasteiger partial charge in [-0.15, -0.1) is 0 Å². The van der Waals surface area contributed by atoms with Crippen LogP contribution in [-0.2, 0) is 6.54 Å². The molecule has 0 amide bonds. The Balaban J connectivity index is 0.000000980. The van der Waals surface area contributed by atoms with Crippen molar-refractivity contribution in [2.75, 3.05) is 0 Å². The normalized spacial score (nSPS) is 9.79. The third kappa shape index (κ3) is 2.32. The van der Waals surface area contributed by atoms with E-state index in [9.17, 15) is 0 Å². The second-order valence-corrected chi connectivity index (χ2v) is 3.31. The number of pyridine rings is 1. The summed E-state index contributed by atoms with van der Waals surface area (Å²) in [5, 5.41) is 2.63. The molecule has 0 saturated heterocycles. The predicted octanol–water partition coefficient (Wildman–Crippen LogP) is -0.459. The van der Waals surface area contributed by atoms with Crippen molar-refractivity contribution in [3.63, 3.8) is 0 Å². The Bertz CT molecular complexity index is 412. The van der Waals surface area contributed by atoms with E-state index < -0.39 is 0 Å². The summed E-state index contributed by atoms with van der Waals surface area (Å²) in [4.78, 5) is 0. The zero-order valence-electron chi connectivity index (χ0n) is 8.28. The van der Waals surface area contributed by atoms with Crippen molar-refractivity contribution >= 4 is 10.8 Å². The van der Waals surface area contributed by atoms with Crippen molar-refractivity contribution in [1.82, 2.24) is 0 Å². The first-order valence-electron chi connectivity index (χ1n) is 4.78. The van der Waals surface area contributed by atoms with Crippen LogP contribution in [0.2, 0.25) is 0 Å². The fraction of sp³-hybridized carbons (Fsp3) is 0.250. The number of nitrogens with zero attached hydrogens (tertiary/aromatic N) is 1. The molecular formula is C12H14BrN. The van der Waals surface area contributed by atoms with Crippen LogP contribution in [0, 0.1) is 0 Å². The maximum absolute atomic E-state index is 2.24. The van der Waals surface area contributed by atoms with Crippen LogP contribution in [0.25, 0.3) is 10.8 Å². The Hall–Kier alpha value is -0.890. The highest BCUT2D eigenvalue weighted by Crippen LogP contribution is 2.09. The van der Waals surface area contributed by atoms with Crippen molar-refractivity contribution in [1.29, 1.82) is 0 Å². The topological polar surface area (TPSA) is 3.88 Å². The van der Waals surface area contributed by atoms with E-state index in [0.717, 1.165) is 6.54 Å². The molecule has 0 fully saturated rings. The average molecular weight is 252 g/mol. The van der Waals surface area contributed by atoms with Crippen molar-refractivity contribution in [3.8, 4) is 0 Å². The largest absolute Gasteiger partial charge is 1.00 e. The molecule has 1 heterocycles. The monoisotopic (exact) mass is 251 g/mol. The molecule has 0 aliphatic rings. The van der Waals surface area contributed by atoms with E-state index in [1.54, 1.807) is 0 Å². The van der Waals surface area contributed by atoms with E-state index >= 15 is 0 Å². The molecule has 0 aliphatic carbocycles. The van der Waals surface area contributed by atoms with Gasteiger partial charge in [0.15, 0.2) is 12.4 Å². The molecule has 0 radical (unpaired) electrons. The van der Waals surface area contributed by atoms with Crippen LogP contribution in [0.3, 0.4) is 0 Å². The van der Waals surface area contributed by atoms with Gasteiger partial charge in [0.2, 0.25) is 0 Å². The number of aryl methyl sites for hydroxylation is 1. The SMILES string of the molecule is CCC[n+]1ccc2ccccc2c1.[Br-]. The lowest BCUT2D eigenvalue weighted by Crippen LogP contribution is -3.00. The Kier molecular flexibility index (Phi) is 4.08. The van der Waals surface area contributed by atoms with Gasteiger partial charge >= 0.3 is 0 Å². The number of benzene rings is 1. The fourth-order valence-corrected chi connectivity index (χ4v) is 1.58. The number of aromatic nitrogens is 1. The van der Waals surface area contributed by atoms with Crippen molar-refractivity contribution in [2.24, 2.45) is 0 Å². The second-order valence-electron chi connectivity index (χ2n) is 3.31. The molecule has 0 spiro atoms. The molecule has 0 aliphatic heterocycles. The lowest BCUT2D eigenvalue weighted by Gasteiger charge is -1.96.